The molecule has 0 aliphatic carbocycles. The van der Waals surface area contributed by atoms with Crippen LogP contribution in [0.5, 0.6) is 0 Å². The van der Waals surface area contributed by atoms with E-state index in [4.69, 9.17) is 4.89 Å². The third-order valence-corrected chi connectivity index (χ3v) is 1.09. The SMILES string of the molecule is CC(=O)NCP(=O)([O-])O. The maximum Gasteiger partial charge on any atom is 0.217 e. The van der Waals surface area contributed by atoms with E-state index in [1.165, 1.54) is 0 Å². The molecule has 0 saturated carbocycles. The quantitative estimate of drug-likeness (QED) is 0.477. The Balaban J connectivity index is 3.53. The summed E-state index contributed by atoms with van der Waals surface area (Å²) in [6.45, 7) is 1.16. The lowest BCUT2D eigenvalue weighted by atomic mass is 10.7. The van der Waals surface area contributed by atoms with Crippen LogP contribution in [0.1, 0.15) is 6.92 Å². The predicted molar refractivity (Wildman–Crippen MR) is 28.5 cm³/mol. The second kappa shape index (κ2) is 2.96. The molecule has 0 radical (unpaired) electrons. The van der Waals surface area contributed by atoms with Crippen molar-refractivity contribution in [2.45, 2.75) is 6.92 Å². The van der Waals surface area contributed by atoms with Gasteiger partial charge in [0.05, 0.1) is 6.29 Å². The summed E-state index contributed by atoms with van der Waals surface area (Å²) in [7, 11) is -4.30. The molecule has 0 bridgehead atoms. The van der Waals surface area contributed by atoms with Gasteiger partial charge in [-0.2, -0.15) is 0 Å². The van der Waals surface area contributed by atoms with Crippen LogP contribution < -0.4 is 10.2 Å². The molecule has 0 aromatic carbocycles. The third-order valence-electron chi connectivity index (χ3n) is 0.528. The van der Waals surface area contributed by atoms with Crippen LogP contribution in [0.4, 0.5) is 0 Å². The van der Waals surface area contributed by atoms with Crippen molar-refractivity contribution in [1.82, 2.24) is 5.32 Å². The molecule has 0 spiro atoms. The topological polar surface area (TPSA) is 89.5 Å². The fourth-order valence-electron chi connectivity index (χ4n) is 0.211. The van der Waals surface area contributed by atoms with Crippen LogP contribution >= 0.6 is 7.60 Å². The number of hydrogen-bond acceptors (Lipinski definition) is 3. The summed E-state index contributed by atoms with van der Waals surface area (Å²) in [4.78, 5) is 28.0. The van der Waals surface area contributed by atoms with Gasteiger partial charge in [-0.25, -0.2) is 0 Å². The highest BCUT2D eigenvalue weighted by Gasteiger charge is 2.00. The Morgan fingerprint density at radius 2 is 2.33 bits per heavy atom. The van der Waals surface area contributed by atoms with Crippen molar-refractivity contribution in [2.75, 3.05) is 6.29 Å². The highest BCUT2D eigenvalue weighted by molar-refractivity contribution is 7.50. The van der Waals surface area contributed by atoms with Gasteiger partial charge in [-0.05, 0) is 0 Å². The van der Waals surface area contributed by atoms with E-state index in [1.807, 2.05) is 5.32 Å². The molecule has 1 unspecified atom stereocenters. The third kappa shape index (κ3) is 7.62. The van der Waals surface area contributed by atoms with Gasteiger partial charge in [0.2, 0.25) is 5.91 Å². The average molecular weight is 152 g/mol. The number of rotatable bonds is 2. The summed E-state index contributed by atoms with van der Waals surface area (Å²) in [6, 6.07) is 0. The largest absolute Gasteiger partial charge is 0.777 e. The molecule has 0 saturated heterocycles. The molecule has 6 heteroatoms. The van der Waals surface area contributed by atoms with Gasteiger partial charge in [0.25, 0.3) is 0 Å². The highest BCUT2D eigenvalue weighted by atomic mass is 31.2. The molecule has 54 valence electrons. The fraction of sp³-hybridized carbons (Fsp3) is 0.667. The molecule has 0 aliphatic heterocycles. The van der Waals surface area contributed by atoms with E-state index in [1.54, 1.807) is 0 Å². The van der Waals surface area contributed by atoms with Crippen molar-refractivity contribution in [3.8, 4) is 0 Å². The molecular weight excluding hydrogens is 145 g/mol. The van der Waals surface area contributed by atoms with Crippen LogP contribution in [-0.2, 0) is 9.36 Å². The first kappa shape index (κ1) is 8.62. The maximum atomic E-state index is 10.0. The maximum absolute atomic E-state index is 10.0. The molecule has 9 heavy (non-hydrogen) atoms. The van der Waals surface area contributed by atoms with Gasteiger partial charge in [-0.3, -0.25) is 4.79 Å². The number of amides is 1. The van der Waals surface area contributed by atoms with E-state index in [-0.39, 0.29) is 0 Å². The Bertz CT molecular complexity index is 150. The molecule has 0 aromatic heterocycles. The number of nitrogens with one attached hydrogen (secondary N) is 1. The molecule has 0 heterocycles. The van der Waals surface area contributed by atoms with E-state index in [0.29, 0.717) is 0 Å². The molecule has 1 atom stereocenters. The van der Waals surface area contributed by atoms with Crippen molar-refractivity contribution in [3.63, 3.8) is 0 Å². The average Bonchev–Trinajstić information content (AvgIpc) is 1.59. The van der Waals surface area contributed by atoms with Crippen molar-refractivity contribution in [2.24, 2.45) is 0 Å². The zero-order valence-electron chi connectivity index (χ0n) is 4.83. The molecule has 2 N–H and O–H groups in total. The Hall–Kier alpha value is -0.380. The number of carbonyl (C=O) groups excluding carboxylic acids is 1. The second-order valence-electron chi connectivity index (χ2n) is 1.53. The number of hydrogen-bond donors (Lipinski definition) is 2. The minimum Gasteiger partial charge on any atom is -0.777 e. The van der Waals surface area contributed by atoms with Gasteiger partial charge in [-0.1, -0.05) is 0 Å². The van der Waals surface area contributed by atoms with Crippen LogP contribution in [0.2, 0.25) is 0 Å². The van der Waals surface area contributed by atoms with Gasteiger partial charge in [-0.15, -0.1) is 0 Å². The van der Waals surface area contributed by atoms with Gasteiger partial charge < -0.3 is 19.7 Å². The van der Waals surface area contributed by atoms with Gasteiger partial charge in [0, 0.05) is 6.92 Å². The fourth-order valence-corrected chi connectivity index (χ4v) is 0.634. The molecular formula is C3H7NO4P-. The summed E-state index contributed by atoms with van der Waals surface area (Å²) in [5.74, 6) is -0.486. The molecule has 0 aliphatic rings. The van der Waals surface area contributed by atoms with Crippen LogP contribution in [0.15, 0.2) is 0 Å². The molecule has 0 rings (SSSR count). The summed E-state index contributed by atoms with van der Waals surface area (Å²) >= 11 is 0. The van der Waals surface area contributed by atoms with E-state index < -0.39 is 19.8 Å². The van der Waals surface area contributed by atoms with Crippen LogP contribution in [-0.4, -0.2) is 17.1 Å². The van der Waals surface area contributed by atoms with Crippen molar-refractivity contribution in [1.29, 1.82) is 0 Å². The normalized spacial score (nSPS) is 16.3. The summed E-state index contributed by atoms with van der Waals surface area (Å²) < 4.78 is 9.90. The van der Waals surface area contributed by atoms with Gasteiger partial charge in [0.15, 0.2) is 7.60 Å². The van der Waals surface area contributed by atoms with E-state index in [0.717, 1.165) is 6.92 Å². The van der Waals surface area contributed by atoms with Gasteiger partial charge >= 0.3 is 0 Å². The Kier molecular flexibility index (Phi) is 2.84. The van der Waals surface area contributed by atoms with E-state index in [9.17, 15) is 14.3 Å². The van der Waals surface area contributed by atoms with Crippen LogP contribution in [0, 0.1) is 0 Å². The van der Waals surface area contributed by atoms with E-state index in [2.05, 4.69) is 0 Å². The van der Waals surface area contributed by atoms with Gasteiger partial charge in [0.1, 0.15) is 0 Å². The Morgan fingerprint density at radius 1 is 1.89 bits per heavy atom. The molecule has 0 fully saturated rings. The first-order valence-electron chi connectivity index (χ1n) is 2.19. The van der Waals surface area contributed by atoms with Crippen molar-refractivity contribution in [3.05, 3.63) is 0 Å². The summed E-state index contributed by atoms with van der Waals surface area (Å²) in [5.41, 5.74) is 0. The minimum atomic E-state index is -4.30. The van der Waals surface area contributed by atoms with Crippen molar-refractivity contribution >= 4 is 13.5 Å². The lowest BCUT2D eigenvalue weighted by Gasteiger charge is -2.14. The lowest BCUT2D eigenvalue weighted by molar-refractivity contribution is -0.193. The predicted octanol–water partition coefficient (Wildman–Crippen LogP) is -1.37. The minimum absolute atomic E-state index is 0.486. The van der Waals surface area contributed by atoms with Crippen molar-refractivity contribution < 1.29 is 19.1 Å². The standard InChI is InChI=1S/C3H8NO4P/c1-3(5)4-2-9(6,7)8/h2H2,1H3,(H,4,5)(H2,6,7,8)/p-1. The smallest absolute Gasteiger partial charge is 0.217 e. The second-order valence-corrected chi connectivity index (χ2v) is 3.12. The summed E-state index contributed by atoms with van der Waals surface area (Å²) in [5, 5.41) is 1.92. The van der Waals surface area contributed by atoms with Crippen LogP contribution in [0.3, 0.4) is 0 Å². The first-order valence-corrected chi connectivity index (χ1v) is 3.95. The Labute approximate surface area is 52.2 Å². The highest BCUT2D eigenvalue weighted by Crippen LogP contribution is 2.25. The molecule has 0 aromatic rings. The summed E-state index contributed by atoms with van der Waals surface area (Å²) in [6.07, 6.45) is -0.692. The molecule has 5 nitrogen and oxygen atoms in total. The monoisotopic (exact) mass is 152 g/mol. The molecule has 1 amide bonds. The van der Waals surface area contributed by atoms with E-state index >= 15 is 0 Å². The zero-order chi connectivity index (χ0) is 7.49. The lowest BCUT2D eigenvalue weighted by Crippen LogP contribution is -2.24. The Morgan fingerprint density at radius 3 is 2.44 bits per heavy atom. The zero-order valence-corrected chi connectivity index (χ0v) is 5.72. The number of carbonyl (C=O) groups is 1. The van der Waals surface area contributed by atoms with Crippen LogP contribution in [0.25, 0.3) is 0 Å². The first-order chi connectivity index (χ1) is 3.92.